The van der Waals surface area contributed by atoms with Crippen LogP contribution in [0.1, 0.15) is 23.1 Å². The Hall–Kier alpha value is -7.16. The summed E-state index contributed by atoms with van der Waals surface area (Å²) in [5, 5.41) is 2.43. The fraction of sp³-hybridized carbons (Fsp3) is 0.0545. The molecule has 0 fully saturated rings. The van der Waals surface area contributed by atoms with Gasteiger partial charge in [-0.2, -0.15) is 0 Å². The molecule has 0 unspecified atom stereocenters. The van der Waals surface area contributed by atoms with Crippen molar-refractivity contribution in [3.63, 3.8) is 0 Å². The van der Waals surface area contributed by atoms with Crippen molar-refractivity contribution in [3.05, 3.63) is 255 Å². The van der Waals surface area contributed by atoms with E-state index in [0.717, 1.165) is 81.2 Å². The average Bonchev–Trinajstić information content (AvgIpc) is 3.26. The first kappa shape index (κ1) is 38.1. The largest absolute Gasteiger partial charge is 0.310 e. The molecular weight excluding hydrogens is 689 g/mol. The van der Waals surface area contributed by atoms with Crippen molar-refractivity contribution in [1.29, 1.82) is 0 Å². The van der Waals surface area contributed by atoms with Crippen molar-refractivity contribution >= 4 is 45.3 Å². The highest BCUT2D eigenvalue weighted by molar-refractivity contribution is 6.00. The van der Waals surface area contributed by atoms with Crippen LogP contribution in [0.15, 0.2) is 238 Å². The predicted octanol–water partition coefficient (Wildman–Crippen LogP) is 15.3. The van der Waals surface area contributed by atoms with Crippen molar-refractivity contribution < 1.29 is 0 Å². The zero-order chi connectivity index (χ0) is 39.6. The summed E-state index contributed by atoms with van der Waals surface area (Å²) in [6.45, 7) is 20.5. The van der Waals surface area contributed by atoms with Gasteiger partial charge in [0.15, 0.2) is 0 Å². The van der Waals surface area contributed by atoms with E-state index in [-0.39, 0.29) is 0 Å². The van der Waals surface area contributed by atoms with Gasteiger partial charge in [0.25, 0.3) is 0 Å². The molecule has 278 valence electrons. The van der Waals surface area contributed by atoms with Crippen LogP contribution < -0.4 is 9.80 Å². The highest BCUT2D eigenvalue weighted by Gasteiger charge is 2.19. The molecule has 6 aromatic carbocycles. The maximum atomic E-state index is 4.50. The molecule has 0 N–H and O–H groups in total. The van der Waals surface area contributed by atoms with Crippen LogP contribution >= 0.6 is 0 Å². The minimum atomic E-state index is 0.811. The number of allylic oxidation sites excluding steroid dienone is 10. The van der Waals surface area contributed by atoms with Gasteiger partial charge in [0.05, 0.1) is 11.4 Å². The van der Waals surface area contributed by atoms with Gasteiger partial charge in [0, 0.05) is 28.1 Å². The van der Waals surface area contributed by atoms with Crippen LogP contribution in [0.4, 0.5) is 28.4 Å². The lowest BCUT2D eigenvalue weighted by Gasteiger charge is -2.29. The highest BCUT2D eigenvalue weighted by atomic mass is 15.2. The molecule has 0 radical (unpaired) electrons. The van der Waals surface area contributed by atoms with E-state index in [0.29, 0.717) is 0 Å². The van der Waals surface area contributed by atoms with Crippen molar-refractivity contribution in [2.45, 2.75) is 19.3 Å². The molecule has 0 saturated carbocycles. The summed E-state index contributed by atoms with van der Waals surface area (Å²) < 4.78 is 0. The predicted molar refractivity (Wildman–Crippen MR) is 249 cm³/mol. The lowest BCUT2D eigenvalue weighted by Crippen LogP contribution is -2.17. The van der Waals surface area contributed by atoms with E-state index in [1.54, 1.807) is 0 Å². The topological polar surface area (TPSA) is 6.48 Å². The standard InChI is InChI=1S/C55H48N2/c1-6-15-44-23-33-48(34-24-44)56(54-39-25-42(8-3)18-12-10-11-17-41(54)5)50-35-26-45(27-36-50)46-28-37-51(38-29-46)57(49-31-21-43(9-4)22-32-49)55-40-30-47(16-7-2)52-19-13-14-20-53(52)55/h6-14,17,19-40H,1-5,15-16,18H2/b12-10-,17-11-,42-25-,54-39+. The van der Waals surface area contributed by atoms with Gasteiger partial charge in [0.1, 0.15) is 0 Å². The SMILES string of the molecule is C=CCc1ccc(N(/C2=C/C=C(/C=C)C/C=C\C=C/C2=C)c2ccc(-c3ccc(N(c4ccc(C=C)cc4)c4ccc(CC=C)c5ccccc45)cc3)cc2)cc1. The quantitative estimate of drug-likeness (QED) is 0.109. The second-order valence-electron chi connectivity index (χ2n) is 14.0. The van der Waals surface area contributed by atoms with Crippen LogP contribution in [0.5, 0.6) is 0 Å². The molecule has 57 heavy (non-hydrogen) atoms. The fourth-order valence-electron chi connectivity index (χ4n) is 7.31. The van der Waals surface area contributed by atoms with Gasteiger partial charge in [0.2, 0.25) is 0 Å². The maximum Gasteiger partial charge on any atom is 0.0540 e. The lowest BCUT2D eigenvalue weighted by atomic mass is 9.99. The molecule has 0 saturated heterocycles. The Balaban J connectivity index is 1.27. The van der Waals surface area contributed by atoms with Crippen molar-refractivity contribution in [1.82, 2.24) is 0 Å². The number of hydrogen-bond donors (Lipinski definition) is 0. The van der Waals surface area contributed by atoms with Crippen molar-refractivity contribution in [2.24, 2.45) is 0 Å². The lowest BCUT2D eigenvalue weighted by molar-refractivity contribution is 1.17. The normalized spacial score (nSPS) is 15.6. The third-order valence-electron chi connectivity index (χ3n) is 10.3. The summed E-state index contributed by atoms with van der Waals surface area (Å²) in [6.07, 6.45) is 22.8. The minimum absolute atomic E-state index is 0.811. The number of rotatable bonds is 13. The van der Waals surface area contributed by atoms with E-state index in [1.807, 2.05) is 24.3 Å². The van der Waals surface area contributed by atoms with Gasteiger partial charge in [-0.05, 0) is 124 Å². The van der Waals surface area contributed by atoms with Gasteiger partial charge < -0.3 is 9.80 Å². The smallest absolute Gasteiger partial charge is 0.0540 e. The van der Waals surface area contributed by atoms with Gasteiger partial charge >= 0.3 is 0 Å². The molecule has 1 aliphatic carbocycles. The number of benzene rings is 6. The minimum Gasteiger partial charge on any atom is -0.310 e. The van der Waals surface area contributed by atoms with E-state index < -0.39 is 0 Å². The van der Waals surface area contributed by atoms with Crippen molar-refractivity contribution in [2.75, 3.05) is 9.80 Å². The highest BCUT2D eigenvalue weighted by Crippen LogP contribution is 2.41. The molecule has 0 aliphatic heterocycles. The Bertz CT molecular complexity index is 2540. The van der Waals surface area contributed by atoms with Crippen molar-refractivity contribution in [3.8, 4) is 11.1 Å². The van der Waals surface area contributed by atoms with E-state index in [2.05, 4.69) is 213 Å². The van der Waals surface area contributed by atoms with Gasteiger partial charge in [-0.25, -0.2) is 0 Å². The molecule has 2 nitrogen and oxygen atoms in total. The molecule has 6 aromatic rings. The van der Waals surface area contributed by atoms with Gasteiger partial charge in [-0.1, -0.05) is 153 Å². The monoisotopic (exact) mass is 736 g/mol. The van der Waals surface area contributed by atoms with Crippen LogP contribution in [-0.2, 0) is 12.8 Å². The van der Waals surface area contributed by atoms with Crippen LogP contribution in [0.3, 0.4) is 0 Å². The second-order valence-corrected chi connectivity index (χ2v) is 14.0. The Morgan fingerprint density at radius 3 is 1.70 bits per heavy atom. The summed E-state index contributed by atoms with van der Waals surface area (Å²) in [7, 11) is 0. The molecule has 7 rings (SSSR count). The summed E-state index contributed by atoms with van der Waals surface area (Å²) in [5.41, 5.74) is 14.2. The Morgan fingerprint density at radius 2 is 1.11 bits per heavy atom. The summed E-state index contributed by atoms with van der Waals surface area (Å²) in [5.74, 6) is 0. The summed E-state index contributed by atoms with van der Waals surface area (Å²) in [4.78, 5) is 4.62. The van der Waals surface area contributed by atoms with Gasteiger partial charge in [-0.3, -0.25) is 0 Å². The van der Waals surface area contributed by atoms with E-state index in [1.165, 1.54) is 21.9 Å². The number of nitrogens with zero attached hydrogens (tertiary/aromatic N) is 2. The Morgan fingerprint density at radius 1 is 0.526 bits per heavy atom. The zero-order valence-corrected chi connectivity index (χ0v) is 32.5. The average molecular weight is 737 g/mol. The number of hydrogen-bond acceptors (Lipinski definition) is 2. The number of fused-ring (bicyclic) bond motifs is 1. The number of anilines is 5. The summed E-state index contributed by atoms with van der Waals surface area (Å²) >= 11 is 0. The maximum absolute atomic E-state index is 4.50. The third-order valence-corrected chi connectivity index (χ3v) is 10.3. The first-order valence-electron chi connectivity index (χ1n) is 19.4. The molecule has 0 amide bonds. The fourth-order valence-corrected chi connectivity index (χ4v) is 7.31. The van der Waals surface area contributed by atoms with E-state index in [9.17, 15) is 0 Å². The first-order valence-corrected chi connectivity index (χ1v) is 19.4. The third kappa shape index (κ3) is 8.57. The zero-order valence-electron chi connectivity index (χ0n) is 32.5. The van der Waals surface area contributed by atoms with Gasteiger partial charge in [-0.15, -0.1) is 13.2 Å². The molecule has 1 aliphatic rings. The molecule has 0 atom stereocenters. The first-order chi connectivity index (χ1) is 28.0. The summed E-state index contributed by atoms with van der Waals surface area (Å²) in [6, 6.07) is 48.0. The van der Waals surface area contributed by atoms with Crippen LogP contribution in [0.2, 0.25) is 0 Å². The van der Waals surface area contributed by atoms with Crippen LogP contribution in [-0.4, -0.2) is 0 Å². The second kappa shape index (κ2) is 18.0. The Kier molecular flexibility index (Phi) is 12.0. The molecule has 0 bridgehead atoms. The van der Waals surface area contributed by atoms with Crippen LogP contribution in [0.25, 0.3) is 28.0 Å². The molecule has 0 spiro atoms. The van der Waals surface area contributed by atoms with Crippen LogP contribution in [0, 0.1) is 0 Å². The Labute approximate surface area is 338 Å². The van der Waals surface area contributed by atoms with E-state index >= 15 is 0 Å². The molecular formula is C55H48N2. The van der Waals surface area contributed by atoms with E-state index in [4.69, 9.17) is 0 Å². The molecule has 0 heterocycles. The molecule has 2 heteroatoms. The molecule has 0 aromatic heterocycles.